The predicted molar refractivity (Wildman–Crippen MR) is 115 cm³/mol. The molecule has 1 aliphatic heterocycles. The summed E-state index contributed by atoms with van der Waals surface area (Å²) in [4.78, 5) is 16.7. The maximum absolute atomic E-state index is 13.4. The molecule has 2 heterocycles. The van der Waals surface area contributed by atoms with E-state index < -0.39 is 28.2 Å². The third-order valence-electron chi connectivity index (χ3n) is 5.27. The molecule has 3 rings (SSSR count). The maximum atomic E-state index is 13.4. The molecule has 1 unspecified atom stereocenters. The molecule has 0 spiro atoms. The number of hydrogen-bond donors (Lipinski definition) is 1. The smallest absolute Gasteiger partial charge is 0.245 e. The Labute approximate surface area is 186 Å². The number of carbonyl (C=O) groups is 1. The van der Waals surface area contributed by atoms with Gasteiger partial charge >= 0.3 is 0 Å². The van der Waals surface area contributed by atoms with E-state index in [1.807, 2.05) is 0 Å². The molecular weight excluding hydrogens is 446 g/mol. The third-order valence-corrected chi connectivity index (χ3v) is 7.50. The van der Waals surface area contributed by atoms with Crippen molar-refractivity contribution >= 4 is 38.2 Å². The Morgan fingerprint density at radius 1 is 1.29 bits per heavy atom. The summed E-state index contributed by atoms with van der Waals surface area (Å²) < 4.78 is 43.6. The average molecular weight is 472 g/mol. The molecule has 2 N–H and O–H groups in total. The number of benzene rings is 1. The summed E-state index contributed by atoms with van der Waals surface area (Å²) in [6.45, 7) is 0.470. The van der Waals surface area contributed by atoms with Crippen LogP contribution in [0.15, 0.2) is 35.5 Å². The van der Waals surface area contributed by atoms with Gasteiger partial charge in [0.05, 0.1) is 35.2 Å². The summed E-state index contributed by atoms with van der Waals surface area (Å²) in [5.41, 5.74) is 6.23. The van der Waals surface area contributed by atoms with Gasteiger partial charge in [0.1, 0.15) is 12.7 Å². The van der Waals surface area contributed by atoms with Gasteiger partial charge in [-0.25, -0.2) is 8.42 Å². The molecule has 31 heavy (non-hydrogen) atoms. The van der Waals surface area contributed by atoms with E-state index in [0.29, 0.717) is 17.2 Å². The van der Waals surface area contributed by atoms with Crippen LogP contribution in [0.1, 0.15) is 6.42 Å². The lowest BCUT2D eigenvalue weighted by Crippen LogP contribution is -2.46. The molecule has 11 heteroatoms. The van der Waals surface area contributed by atoms with Gasteiger partial charge in [-0.15, -0.1) is 0 Å². The Hall–Kier alpha value is -1.66. The van der Waals surface area contributed by atoms with Crippen LogP contribution in [0.2, 0.25) is 5.02 Å². The van der Waals surface area contributed by atoms with E-state index in [-0.39, 0.29) is 42.1 Å². The van der Waals surface area contributed by atoms with E-state index >= 15 is 0 Å². The number of ether oxygens (including phenoxy) is 3. The fourth-order valence-corrected chi connectivity index (χ4v) is 5.87. The van der Waals surface area contributed by atoms with Gasteiger partial charge in [0, 0.05) is 43.9 Å². The first-order valence-electron chi connectivity index (χ1n) is 9.73. The van der Waals surface area contributed by atoms with E-state index in [2.05, 4.69) is 4.98 Å². The minimum Gasteiger partial charge on any atom is -0.382 e. The third kappa shape index (κ3) is 5.06. The van der Waals surface area contributed by atoms with E-state index in [1.165, 1.54) is 26.5 Å². The van der Waals surface area contributed by atoms with Gasteiger partial charge in [-0.1, -0.05) is 23.7 Å². The van der Waals surface area contributed by atoms with Crippen LogP contribution in [0.3, 0.4) is 0 Å². The molecule has 0 amide bonds. The highest BCUT2D eigenvalue weighted by Crippen LogP contribution is 2.34. The number of nitrogens with zero attached hydrogens (tertiary/aromatic N) is 2. The zero-order chi connectivity index (χ0) is 22.6. The lowest BCUT2D eigenvalue weighted by atomic mass is 10.0. The van der Waals surface area contributed by atoms with Gasteiger partial charge in [-0.2, -0.15) is 4.31 Å². The van der Waals surface area contributed by atoms with Crippen molar-refractivity contribution < 1.29 is 27.4 Å². The number of sulfonamides is 1. The number of fused-ring (bicyclic) bond motifs is 1. The van der Waals surface area contributed by atoms with Crippen LogP contribution in [0.4, 0.5) is 0 Å². The van der Waals surface area contributed by atoms with Gasteiger partial charge in [0.2, 0.25) is 10.0 Å². The largest absolute Gasteiger partial charge is 0.382 e. The minimum atomic E-state index is -3.99. The molecule has 1 saturated heterocycles. The van der Waals surface area contributed by atoms with Crippen LogP contribution >= 0.6 is 11.6 Å². The summed E-state index contributed by atoms with van der Waals surface area (Å²) in [5, 5.41) is 1.21. The molecule has 9 nitrogen and oxygen atoms in total. The fourth-order valence-electron chi connectivity index (χ4n) is 3.74. The van der Waals surface area contributed by atoms with E-state index in [9.17, 15) is 13.2 Å². The quantitative estimate of drug-likeness (QED) is 0.552. The molecule has 0 radical (unpaired) electrons. The van der Waals surface area contributed by atoms with Crippen LogP contribution in [-0.4, -0.2) is 76.3 Å². The monoisotopic (exact) mass is 471 g/mol. The number of halogens is 1. The van der Waals surface area contributed by atoms with Crippen LogP contribution in [0.5, 0.6) is 0 Å². The number of pyridine rings is 1. The Bertz CT molecular complexity index is 1020. The van der Waals surface area contributed by atoms with Crippen LogP contribution in [0.25, 0.3) is 10.8 Å². The van der Waals surface area contributed by atoms with Gasteiger partial charge in [-0.3, -0.25) is 9.78 Å². The SMILES string of the molecule is COCC(COC)OCC(=O)C1CCN(S(=O)(=O)c2cccc3cncc(Cl)c23)[C@H]1N. The number of carbonyl (C=O) groups excluding carboxylic acids is 1. The second kappa shape index (κ2) is 10.3. The summed E-state index contributed by atoms with van der Waals surface area (Å²) in [5.74, 6) is -0.935. The number of aromatic nitrogens is 1. The number of Topliss-reactive ketones (excluding diaryl/α,β-unsaturated/α-hetero) is 1. The number of hydrogen-bond acceptors (Lipinski definition) is 8. The highest BCUT2D eigenvalue weighted by molar-refractivity contribution is 7.89. The van der Waals surface area contributed by atoms with Gasteiger partial charge < -0.3 is 19.9 Å². The molecule has 170 valence electrons. The Balaban J connectivity index is 1.78. The topological polar surface area (TPSA) is 121 Å². The highest BCUT2D eigenvalue weighted by atomic mass is 35.5. The summed E-state index contributed by atoms with van der Waals surface area (Å²) in [7, 11) is -0.935. The van der Waals surface area contributed by atoms with Gasteiger partial charge in [0.15, 0.2) is 5.78 Å². The van der Waals surface area contributed by atoms with Crippen molar-refractivity contribution in [1.82, 2.24) is 9.29 Å². The van der Waals surface area contributed by atoms with Gasteiger partial charge in [0.25, 0.3) is 0 Å². The Morgan fingerprint density at radius 2 is 2.00 bits per heavy atom. The summed E-state index contributed by atoms with van der Waals surface area (Å²) >= 11 is 6.24. The van der Waals surface area contributed by atoms with E-state index in [4.69, 9.17) is 31.5 Å². The van der Waals surface area contributed by atoms with Gasteiger partial charge in [-0.05, 0) is 12.5 Å². The molecule has 2 atom stereocenters. The molecular formula is C20H26ClN3O6S. The minimum absolute atomic E-state index is 0.0393. The number of nitrogens with two attached hydrogens (primary N) is 1. The molecule has 0 bridgehead atoms. The molecule has 0 saturated carbocycles. The summed E-state index contributed by atoms with van der Waals surface area (Å²) in [6.07, 6.45) is 1.85. The number of ketones is 1. The first kappa shape index (κ1) is 24.0. The number of rotatable bonds is 10. The zero-order valence-electron chi connectivity index (χ0n) is 17.4. The van der Waals surface area contributed by atoms with Crippen molar-refractivity contribution in [2.45, 2.75) is 23.6 Å². The predicted octanol–water partition coefficient (Wildman–Crippen LogP) is 1.43. The Kier molecular flexibility index (Phi) is 7.98. The van der Waals surface area contributed by atoms with E-state index in [1.54, 1.807) is 18.3 Å². The van der Waals surface area contributed by atoms with Crippen LogP contribution < -0.4 is 5.73 Å². The van der Waals surface area contributed by atoms with Crippen molar-refractivity contribution in [2.24, 2.45) is 11.7 Å². The molecule has 1 aromatic carbocycles. The lowest BCUT2D eigenvalue weighted by molar-refractivity contribution is -0.132. The maximum Gasteiger partial charge on any atom is 0.245 e. The normalized spacial score (nSPS) is 20.0. The van der Waals surface area contributed by atoms with Crippen LogP contribution in [-0.2, 0) is 29.0 Å². The molecule has 1 aliphatic rings. The number of methoxy groups -OCH3 is 2. The van der Waals surface area contributed by atoms with Crippen molar-refractivity contribution in [3.8, 4) is 0 Å². The first-order chi connectivity index (χ1) is 14.8. The van der Waals surface area contributed by atoms with Crippen molar-refractivity contribution in [2.75, 3.05) is 40.6 Å². The lowest BCUT2D eigenvalue weighted by Gasteiger charge is -2.24. The molecule has 1 aromatic heterocycles. The van der Waals surface area contributed by atoms with E-state index in [0.717, 1.165) is 4.31 Å². The van der Waals surface area contributed by atoms with Crippen molar-refractivity contribution in [3.05, 3.63) is 35.6 Å². The molecule has 1 fully saturated rings. The highest BCUT2D eigenvalue weighted by Gasteiger charge is 2.43. The van der Waals surface area contributed by atoms with Crippen molar-refractivity contribution in [1.29, 1.82) is 0 Å². The second-order valence-corrected chi connectivity index (χ2v) is 9.55. The molecule has 2 aromatic rings. The average Bonchev–Trinajstić information content (AvgIpc) is 3.14. The standard InChI is InChI=1S/C20H26ClN3O6S/c1-28-10-14(11-29-2)30-12-17(25)15-6-7-24(20(15)22)31(26,27)18-5-3-4-13-8-23-9-16(21)19(13)18/h3-5,8-9,14-15,20H,6-7,10-12,22H2,1-2H3/t15?,20-/m1/s1. The zero-order valence-corrected chi connectivity index (χ0v) is 18.9. The van der Waals surface area contributed by atoms with Crippen molar-refractivity contribution in [3.63, 3.8) is 0 Å². The molecule has 0 aliphatic carbocycles. The van der Waals surface area contributed by atoms with Crippen LogP contribution in [0, 0.1) is 5.92 Å². The summed E-state index contributed by atoms with van der Waals surface area (Å²) in [6, 6.07) is 4.84. The Morgan fingerprint density at radius 3 is 2.68 bits per heavy atom. The fraction of sp³-hybridized carbons (Fsp3) is 0.500. The second-order valence-electron chi connectivity index (χ2n) is 7.29. The first-order valence-corrected chi connectivity index (χ1v) is 11.5.